The SMILES string of the molecule is CCC[C@H](C)Oc1nc(N)c2ncc(C(O)C3CCNCC3C)n2n1. The first kappa shape index (κ1) is 17.9. The maximum absolute atomic E-state index is 10.9. The number of hydrogen-bond acceptors (Lipinski definition) is 7. The summed E-state index contributed by atoms with van der Waals surface area (Å²) in [5.41, 5.74) is 7.11. The third kappa shape index (κ3) is 3.69. The Morgan fingerprint density at radius 3 is 3.04 bits per heavy atom. The Morgan fingerprint density at radius 1 is 1.52 bits per heavy atom. The summed E-state index contributed by atoms with van der Waals surface area (Å²) in [6.45, 7) is 8.03. The number of rotatable bonds is 6. The van der Waals surface area contributed by atoms with Crippen molar-refractivity contribution in [3.05, 3.63) is 11.9 Å². The van der Waals surface area contributed by atoms with Crippen molar-refractivity contribution >= 4 is 11.5 Å². The number of aliphatic hydroxyl groups is 1. The predicted molar refractivity (Wildman–Crippen MR) is 95.3 cm³/mol. The molecule has 0 aromatic carbocycles. The molecule has 1 fully saturated rings. The molecule has 0 aliphatic carbocycles. The van der Waals surface area contributed by atoms with Crippen LogP contribution in [0.15, 0.2) is 6.20 Å². The number of aliphatic hydroxyl groups excluding tert-OH is 1. The Balaban J connectivity index is 1.91. The minimum atomic E-state index is -0.651. The van der Waals surface area contributed by atoms with Crippen LogP contribution in [0.5, 0.6) is 6.01 Å². The number of fused-ring (bicyclic) bond motifs is 1. The minimum absolute atomic E-state index is 0.00295. The zero-order chi connectivity index (χ0) is 18.0. The van der Waals surface area contributed by atoms with Gasteiger partial charge in [-0.05, 0) is 44.7 Å². The molecule has 0 saturated carbocycles. The number of nitrogens with two attached hydrogens (primary N) is 1. The van der Waals surface area contributed by atoms with Gasteiger partial charge in [-0.25, -0.2) is 9.50 Å². The predicted octanol–water partition coefficient (Wildman–Crippen LogP) is 1.55. The summed E-state index contributed by atoms with van der Waals surface area (Å²) in [5, 5.41) is 18.7. The van der Waals surface area contributed by atoms with Gasteiger partial charge in [0.2, 0.25) is 0 Å². The van der Waals surface area contributed by atoms with E-state index in [1.54, 1.807) is 10.7 Å². The summed E-state index contributed by atoms with van der Waals surface area (Å²) in [5.74, 6) is 0.778. The van der Waals surface area contributed by atoms with Crippen LogP contribution >= 0.6 is 0 Å². The molecule has 1 aliphatic rings. The van der Waals surface area contributed by atoms with Crippen molar-refractivity contribution < 1.29 is 9.84 Å². The Bertz CT molecular complexity index is 718. The first-order chi connectivity index (χ1) is 12.0. The fourth-order valence-electron chi connectivity index (χ4n) is 3.52. The lowest BCUT2D eigenvalue weighted by Gasteiger charge is -2.32. The van der Waals surface area contributed by atoms with Crippen LogP contribution in [-0.4, -0.2) is 43.9 Å². The van der Waals surface area contributed by atoms with Crippen molar-refractivity contribution in [1.29, 1.82) is 0 Å². The quantitative estimate of drug-likeness (QED) is 0.726. The largest absolute Gasteiger partial charge is 0.459 e. The molecular formula is C17H28N6O2. The number of nitrogens with one attached hydrogen (secondary N) is 1. The molecule has 25 heavy (non-hydrogen) atoms. The second kappa shape index (κ2) is 7.53. The van der Waals surface area contributed by atoms with E-state index in [-0.39, 0.29) is 23.9 Å². The second-order valence-corrected chi connectivity index (χ2v) is 6.99. The van der Waals surface area contributed by atoms with E-state index in [9.17, 15) is 5.11 Å². The zero-order valence-electron chi connectivity index (χ0n) is 15.1. The number of nitrogens with zero attached hydrogens (tertiary/aromatic N) is 4. The summed E-state index contributed by atoms with van der Waals surface area (Å²) in [7, 11) is 0. The molecule has 0 bridgehead atoms. The Morgan fingerprint density at radius 2 is 2.32 bits per heavy atom. The van der Waals surface area contributed by atoms with E-state index >= 15 is 0 Å². The van der Waals surface area contributed by atoms with Gasteiger partial charge in [0.1, 0.15) is 6.10 Å². The van der Waals surface area contributed by atoms with E-state index in [0.717, 1.165) is 32.4 Å². The lowest BCUT2D eigenvalue weighted by molar-refractivity contribution is 0.0540. The Labute approximate surface area is 147 Å². The van der Waals surface area contributed by atoms with Gasteiger partial charge in [0.25, 0.3) is 0 Å². The highest BCUT2D eigenvalue weighted by molar-refractivity contribution is 5.59. The molecule has 138 valence electrons. The number of nitrogen functional groups attached to an aromatic ring is 1. The maximum atomic E-state index is 10.9. The molecule has 8 nitrogen and oxygen atoms in total. The summed E-state index contributed by atoms with van der Waals surface area (Å²) >= 11 is 0. The van der Waals surface area contributed by atoms with Gasteiger partial charge in [-0.2, -0.15) is 4.98 Å². The number of aromatic nitrogens is 4. The molecule has 2 aromatic heterocycles. The molecule has 4 atom stereocenters. The second-order valence-electron chi connectivity index (χ2n) is 6.99. The smallest absolute Gasteiger partial charge is 0.336 e. The topological polar surface area (TPSA) is 111 Å². The average Bonchev–Trinajstić information content (AvgIpc) is 2.99. The first-order valence-corrected chi connectivity index (χ1v) is 9.07. The van der Waals surface area contributed by atoms with Gasteiger partial charge in [0.15, 0.2) is 11.5 Å². The summed E-state index contributed by atoms with van der Waals surface area (Å²) in [4.78, 5) is 8.49. The minimum Gasteiger partial charge on any atom is -0.459 e. The number of anilines is 1. The Hall–Kier alpha value is -1.93. The number of hydrogen-bond donors (Lipinski definition) is 3. The number of imidazole rings is 1. The highest BCUT2D eigenvalue weighted by atomic mass is 16.5. The molecule has 0 spiro atoms. The van der Waals surface area contributed by atoms with Crippen LogP contribution in [0.25, 0.3) is 5.65 Å². The molecule has 0 amide bonds. The lowest BCUT2D eigenvalue weighted by Crippen LogP contribution is -2.38. The molecule has 1 aliphatic heterocycles. The monoisotopic (exact) mass is 348 g/mol. The number of ether oxygens (including phenoxy) is 1. The summed E-state index contributed by atoms with van der Waals surface area (Å²) in [6.07, 6.45) is 3.83. The number of piperidine rings is 1. The standard InChI is InChI=1S/C17H28N6O2/c1-4-5-11(3)25-17-21-15(18)16-20-9-13(23(16)22-17)14(24)12-6-7-19-8-10(12)2/h9-12,14,19,24H,4-8H2,1-3H3,(H2,18,21,22)/t10?,11-,12?,14?/m0/s1. The molecule has 3 heterocycles. The van der Waals surface area contributed by atoms with Crippen LogP contribution in [0, 0.1) is 11.8 Å². The van der Waals surface area contributed by atoms with E-state index in [4.69, 9.17) is 10.5 Å². The van der Waals surface area contributed by atoms with Gasteiger partial charge in [0.05, 0.1) is 18.0 Å². The molecular weight excluding hydrogens is 320 g/mol. The van der Waals surface area contributed by atoms with Gasteiger partial charge in [-0.15, -0.1) is 5.10 Å². The third-order valence-electron chi connectivity index (χ3n) is 4.96. The van der Waals surface area contributed by atoms with Crippen LogP contribution in [0.1, 0.15) is 51.8 Å². The molecule has 2 aromatic rings. The average molecular weight is 348 g/mol. The fourth-order valence-corrected chi connectivity index (χ4v) is 3.52. The van der Waals surface area contributed by atoms with Crippen LogP contribution in [0.3, 0.4) is 0 Å². The van der Waals surface area contributed by atoms with Crippen LogP contribution < -0.4 is 15.8 Å². The first-order valence-electron chi connectivity index (χ1n) is 9.07. The van der Waals surface area contributed by atoms with Crippen LogP contribution in [0.4, 0.5) is 5.82 Å². The van der Waals surface area contributed by atoms with Crippen molar-refractivity contribution in [2.24, 2.45) is 11.8 Å². The van der Waals surface area contributed by atoms with Gasteiger partial charge in [-0.1, -0.05) is 20.3 Å². The fraction of sp³-hybridized carbons (Fsp3) is 0.706. The molecule has 4 N–H and O–H groups in total. The lowest BCUT2D eigenvalue weighted by atomic mass is 9.82. The van der Waals surface area contributed by atoms with Gasteiger partial charge < -0.3 is 20.9 Å². The van der Waals surface area contributed by atoms with Crippen molar-refractivity contribution in [3.63, 3.8) is 0 Å². The molecule has 3 rings (SSSR count). The van der Waals surface area contributed by atoms with Crippen LogP contribution in [-0.2, 0) is 0 Å². The highest BCUT2D eigenvalue weighted by Gasteiger charge is 2.31. The molecule has 1 saturated heterocycles. The van der Waals surface area contributed by atoms with Gasteiger partial charge in [0, 0.05) is 0 Å². The van der Waals surface area contributed by atoms with E-state index in [1.165, 1.54) is 0 Å². The van der Waals surface area contributed by atoms with E-state index in [1.807, 2.05) is 6.92 Å². The zero-order valence-corrected chi connectivity index (χ0v) is 15.1. The van der Waals surface area contributed by atoms with Crippen molar-refractivity contribution in [2.45, 2.75) is 52.2 Å². The van der Waals surface area contributed by atoms with E-state index in [2.05, 4.69) is 34.2 Å². The van der Waals surface area contributed by atoms with Crippen molar-refractivity contribution in [2.75, 3.05) is 18.8 Å². The van der Waals surface area contributed by atoms with Crippen molar-refractivity contribution in [1.82, 2.24) is 24.9 Å². The van der Waals surface area contributed by atoms with Gasteiger partial charge in [-0.3, -0.25) is 0 Å². The summed E-state index contributed by atoms with van der Waals surface area (Å²) in [6, 6.07) is 0.218. The normalized spacial score (nSPS) is 23.5. The molecule has 3 unspecified atom stereocenters. The van der Waals surface area contributed by atoms with E-state index < -0.39 is 6.10 Å². The Kier molecular flexibility index (Phi) is 5.39. The third-order valence-corrected chi connectivity index (χ3v) is 4.96. The maximum Gasteiger partial charge on any atom is 0.336 e. The molecule has 0 radical (unpaired) electrons. The van der Waals surface area contributed by atoms with Gasteiger partial charge >= 0.3 is 6.01 Å². The van der Waals surface area contributed by atoms with Crippen LogP contribution in [0.2, 0.25) is 0 Å². The van der Waals surface area contributed by atoms with E-state index in [0.29, 0.717) is 17.3 Å². The highest BCUT2D eigenvalue weighted by Crippen LogP contribution is 2.33. The summed E-state index contributed by atoms with van der Waals surface area (Å²) < 4.78 is 7.35. The molecule has 8 heteroatoms. The van der Waals surface area contributed by atoms with Crippen molar-refractivity contribution in [3.8, 4) is 6.01 Å².